The Hall–Kier alpha value is -2.21. The van der Waals surface area contributed by atoms with E-state index in [9.17, 15) is 4.79 Å². The molecule has 1 amide bonds. The van der Waals surface area contributed by atoms with Crippen LogP contribution < -0.4 is 10.6 Å². The van der Waals surface area contributed by atoms with Crippen molar-refractivity contribution < 1.29 is 4.79 Å². The highest BCUT2D eigenvalue weighted by atomic mass is 16.2. The van der Waals surface area contributed by atoms with Crippen LogP contribution in [0.2, 0.25) is 0 Å². The predicted molar refractivity (Wildman–Crippen MR) is 92.5 cm³/mol. The van der Waals surface area contributed by atoms with Gasteiger partial charge in [-0.2, -0.15) is 0 Å². The van der Waals surface area contributed by atoms with Crippen LogP contribution in [0.5, 0.6) is 0 Å². The monoisotopic (exact) mass is 327 g/mol. The molecular formula is C18H25N5O. The fraction of sp³-hybridized carbons (Fsp3) is 0.500. The molecule has 6 heteroatoms. The van der Waals surface area contributed by atoms with E-state index in [4.69, 9.17) is 0 Å². The Kier molecular flexibility index (Phi) is 4.94. The molecule has 24 heavy (non-hydrogen) atoms. The summed E-state index contributed by atoms with van der Waals surface area (Å²) >= 11 is 0. The van der Waals surface area contributed by atoms with Crippen LogP contribution in [-0.2, 0) is 17.8 Å². The quantitative estimate of drug-likeness (QED) is 0.878. The number of hydrogen-bond acceptors (Lipinski definition) is 4. The van der Waals surface area contributed by atoms with Crippen molar-refractivity contribution in [1.82, 2.24) is 25.4 Å². The summed E-state index contributed by atoms with van der Waals surface area (Å²) in [6.07, 6.45) is 1.84. The third-order valence-electron chi connectivity index (χ3n) is 4.36. The molecule has 2 heterocycles. The van der Waals surface area contributed by atoms with Crippen LogP contribution in [0.25, 0.3) is 0 Å². The van der Waals surface area contributed by atoms with Crippen molar-refractivity contribution in [3.63, 3.8) is 0 Å². The normalized spacial score (nSPS) is 18.2. The molecule has 0 aliphatic carbocycles. The molecule has 0 bridgehead atoms. The number of aromatic nitrogens is 3. The molecule has 0 unspecified atom stereocenters. The van der Waals surface area contributed by atoms with E-state index in [0.29, 0.717) is 0 Å². The topological polar surface area (TPSA) is 71.8 Å². The summed E-state index contributed by atoms with van der Waals surface area (Å²) in [5.74, 6) is 1.98. The number of hydrogen-bond donors (Lipinski definition) is 2. The Balaban J connectivity index is 1.77. The number of amides is 1. The van der Waals surface area contributed by atoms with Crippen LogP contribution in [0.1, 0.15) is 43.5 Å². The van der Waals surface area contributed by atoms with E-state index in [1.54, 1.807) is 0 Å². The average molecular weight is 327 g/mol. The Bertz CT molecular complexity index is 695. The molecule has 2 N–H and O–H groups in total. The van der Waals surface area contributed by atoms with Crippen molar-refractivity contribution in [2.75, 3.05) is 0 Å². The second kappa shape index (κ2) is 7.13. The molecule has 1 aliphatic heterocycles. The second-order valence-corrected chi connectivity index (χ2v) is 6.68. The van der Waals surface area contributed by atoms with Gasteiger partial charge >= 0.3 is 0 Å². The molecule has 0 spiro atoms. The van der Waals surface area contributed by atoms with Crippen LogP contribution in [-0.4, -0.2) is 32.8 Å². The van der Waals surface area contributed by atoms with E-state index in [1.165, 1.54) is 0 Å². The van der Waals surface area contributed by atoms with Crippen LogP contribution in [0.3, 0.4) is 0 Å². The van der Waals surface area contributed by atoms with Gasteiger partial charge in [-0.25, -0.2) is 0 Å². The molecule has 3 rings (SSSR count). The summed E-state index contributed by atoms with van der Waals surface area (Å²) in [4.78, 5) is 12.7. The minimum atomic E-state index is -0.350. The minimum absolute atomic E-state index is 0.0162. The SMILES string of the molecule is Cc1nnc2n1C[C@H](N[C@@H](C(=O)NC(C)C)c1ccccc1)CC2. The summed E-state index contributed by atoms with van der Waals surface area (Å²) in [5, 5.41) is 14.9. The average Bonchev–Trinajstić information content (AvgIpc) is 2.93. The minimum Gasteiger partial charge on any atom is -0.352 e. The Morgan fingerprint density at radius 3 is 2.71 bits per heavy atom. The number of benzene rings is 1. The van der Waals surface area contributed by atoms with Gasteiger partial charge in [0.1, 0.15) is 17.7 Å². The van der Waals surface area contributed by atoms with Gasteiger partial charge in [0.15, 0.2) is 0 Å². The first-order valence-electron chi connectivity index (χ1n) is 8.54. The van der Waals surface area contributed by atoms with Crippen molar-refractivity contribution in [1.29, 1.82) is 0 Å². The fourth-order valence-corrected chi connectivity index (χ4v) is 3.17. The molecule has 128 valence electrons. The van der Waals surface area contributed by atoms with E-state index in [0.717, 1.165) is 36.6 Å². The summed E-state index contributed by atoms with van der Waals surface area (Å²) in [7, 11) is 0. The lowest BCUT2D eigenvalue weighted by Gasteiger charge is -2.29. The molecule has 2 aromatic rings. The van der Waals surface area contributed by atoms with Gasteiger partial charge in [-0.3, -0.25) is 10.1 Å². The highest BCUT2D eigenvalue weighted by Crippen LogP contribution is 2.20. The van der Waals surface area contributed by atoms with E-state index >= 15 is 0 Å². The van der Waals surface area contributed by atoms with Crippen LogP contribution >= 0.6 is 0 Å². The molecule has 1 aromatic carbocycles. The number of carbonyl (C=O) groups is 1. The first-order chi connectivity index (χ1) is 11.5. The molecule has 2 atom stereocenters. The first kappa shape index (κ1) is 16.6. The summed E-state index contributed by atoms with van der Waals surface area (Å²) < 4.78 is 2.14. The lowest BCUT2D eigenvalue weighted by molar-refractivity contribution is -0.124. The summed E-state index contributed by atoms with van der Waals surface area (Å²) in [5.41, 5.74) is 0.988. The number of nitrogens with one attached hydrogen (secondary N) is 2. The van der Waals surface area contributed by atoms with Crippen molar-refractivity contribution >= 4 is 5.91 Å². The molecule has 6 nitrogen and oxygen atoms in total. The van der Waals surface area contributed by atoms with Crippen LogP contribution in [0.4, 0.5) is 0 Å². The van der Waals surface area contributed by atoms with Gasteiger partial charge in [0.05, 0.1) is 0 Å². The standard InChI is InChI=1S/C18H25N5O/c1-12(2)19-18(24)17(14-7-5-4-6-8-14)20-15-9-10-16-22-21-13(3)23(16)11-15/h4-8,12,15,17,20H,9-11H2,1-3H3,(H,19,24)/t15-,17-/m1/s1. The molecule has 1 aliphatic rings. The molecule has 0 radical (unpaired) electrons. The Morgan fingerprint density at radius 1 is 1.25 bits per heavy atom. The number of aryl methyl sites for hydroxylation is 2. The van der Waals surface area contributed by atoms with E-state index in [-0.39, 0.29) is 24.0 Å². The lowest BCUT2D eigenvalue weighted by Crippen LogP contribution is -2.47. The Labute approximate surface area is 142 Å². The van der Waals surface area contributed by atoms with Gasteiger partial charge in [0.2, 0.25) is 5.91 Å². The number of nitrogens with zero attached hydrogens (tertiary/aromatic N) is 3. The molecule has 0 saturated carbocycles. The maximum atomic E-state index is 12.7. The molecule has 1 aromatic heterocycles. The maximum Gasteiger partial charge on any atom is 0.241 e. The van der Waals surface area contributed by atoms with E-state index < -0.39 is 0 Å². The number of fused-ring (bicyclic) bond motifs is 1. The van der Waals surface area contributed by atoms with E-state index in [1.807, 2.05) is 51.1 Å². The zero-order valence-electron chi connectivity index (χ0n) is 14.5. The summed E-state index contributed by atoms with van der Waals surface area (Å²) in [6, 6.07) is 9.88. The number of carbonyl (C=O) groups excluding carboxylic acids is 1. The van der Waals surface area contributed by atoms with E-state index in [2.05, 4.69) is 25.4 Å². The van der Waals surface area contributed by atoms with Crippen LogP contribution in [0.15, 0.2) is 30.3 Å². The van der Waals surface area contributed by atoms with Crippen molar-refractivity contribution in [3.05, 3.63) is 47.5 Å². The van der Waals surface area contributed by atoms with Gasteiger partial charge < -0.3 is 9.88 Å². The third kappa shape index (κ3) is 3.64. The predicted octanol–water partition coefficient (Wildman–Crippen LogP) is 1.76. The first-order valence-corrected chi connectivity index (χ1v) is 8.54. The lowest BCUT2D eigenvalue weighted by atomic mass is 10.0. The van der Waals surface area contributed by atoms with Crippen molar-refractivity contribution in [3.8, 4) is 0 Å². The van der Waals surface area contributed by atoms with Gasteiger partial charge in [-0.15, -0.1) is 10.2 Å². The van der Waals surface area contributed by atoms with Crippen molar-refractivity contribution in [2.45, 2.75) is 58.3 Å². The van der Waals surface area contributed by atoms with Gasteiger partial charge in [0, 0.05) is 25.0 Å². The largest absolute Gasteiger partial charge is 0.352 e. The maximum absolute atomic E-state index is 12.7. The number of rotatable bonds is 5. The van der Waals surface area contributed by atoms with Crippen LogP contribution in [0, 0.1) is 6.92 Å². The molecule has 0 saturated heterocycles. The second-order valence-electron chi connectivity index (χ2n) is 6.68. The zero-order valence-corrected chi connectivity index (χ0v) is 14.5. The Morgan fingerprint density at radius 2 is 2.00 bits per heavy atom. The summed E-state index contributed by atoms with van der Waals surface area (Å²) in [6.45, 7) is 6.73. The van der Waals surface area contributed by atoms with Crippen molar-refractivity contribution in [2.24, 2.45) is 0 Å². The fourth-order valence-electron chi connectivity index (χ4n) is 3.17. The third-order valence-corrected chi connectivity index (χ3v) is 4.36. The van der Waals surface area contributed by atoms with Gasteiger partial charge in [0.25, 0.3) is 0 Å². The van der Waals surface area contributed by atoms with Gasteiger partial charge in [-0.1, -0.05) is 30.3 Å². The smallest absolute Gasteiger partial charge is 0.241 e. The molecular weight excluding hydrogens is 302 g/mol. The highest BCUT2D eigenvalue weighted by molar-refractivity contribution is 5.83. The van der Waals surface area contributed by atoms with Gasteiger partial charge in [-0.05, 0) is 32.8 Å². The highest BCUT2D eigenvalue weighted by Gasteiger charge is 2.27. The zero-order chi connectivity index (χ0) is 17.1. The molecule has 0 fully saturated rings.